The Bertz CT molecular complexity index is 747. The Labute approximate surface area is 154 Å². The number of para-hydroxylation sites is 1. The highest BCUT2D eigenvalue weighted by Crippen LogP contribution is 2.19. The van der Waals surface area contributed by atoms with Gasteiger partial charge in [-0.15, -0.1) is 0 Å². The van der Waals surface area contributed by atoms with Gasteiger partial charge in [-0.1, -0.05) is 24.3 Å². The number of nitrogens with zero attached hydrogens (tertiary/aromatic N) is 1. The second-order valence-corrected chi connectivity index (χ2v) is 5.92. The maximum absolute atomic E-state index is 12.4. The molecule has 3 amide bonds. The van der Waals surface area contributed by atoms with Gasteiger partial charge >= 0.3 is 6.03 Å². The zero-order valence-electron chi connectivity index (χ0n) is 15.4. The van der Waals surface area contributed by atoms with Crippen LogP contribution in [0.15, 0.2) is 48.5 Å². The molecule has 0 aromatic heterocycles. The molecular formula is C20H25N3O3. The lowest BCUT2D eigenvalue weighted by Crippen LogP contribution is -2.33. The molecular weight excluding hydrogens is 330 g/mol. The highest BCUT2D eigenvalue weighted by Gasteiger charge is 2.14. The predicted molar refractivity (Wildman–Crippen MR) is 103 cm³/mol. The van der Waals surface area contributed by atoms with Crippen LogP contribution in [0.4, 0.5) is 10.5 Å². The molecule has 2 N–H and O–H groups in total. The number of hydrogen-bond acceptors (Lipinski definition) is 3. The number of ether oxygens (including phenoxy) is 1. The third-order valence-electron chi connectivity index (χ3n) is 4.04. The van der Waals surface area contributed by atoms with Crippen molar-refractivity contribution in [1.82, 2.24) is 10.2 Å². The fraction of sp³-hybridized carbons (Fsp3) is 0.300. The number of carbonyl (C=O) groups excluding carboxylic acids is 2. The topological polar surface area (TPSA) is 70.7 Å². The van der Waals surface area contributed by atoms with E-state index in [4.69, 9.17) is 4.74 Å². The van der Waals surface area contributed by atoms with Crippen LogP contribution in [0.2, 0.25) is 0 Å². The number of amides is 3. The lowest BCUT2D eigenvalue weighted by Gasteiger charge is -2.19. The summed E-state index contributed by atoms with van der Waals surface area (Å²) in [5.41, 5.74) is 1.91. The van der Waals surface area contributed by atoms with Crippen LogP contribution in [-0.4, -0.2) is 44.1 Å². The Balaban J connectivity index is 1.84. The van der Waals surface area contributed by atoms with E-state index in [2.05, 4.69) is 10.6 Å². The van der Waals surface area contributed by atoms with Crippen molar-refractivity contribution in [2.45, 2.75) is 13.3 Å². The monoisotopic (exact) mass is 355 g/mol. The van der Waals surface area contributed by atoms with Crippen LogP contribution in [-0.2, 0) is 0 Å². The Hall–Kier alpha value is -3.02. The first-order chi connectivity index (χ1) is 12.5. The van der Waals surface area contributed by atoms with E-state index in [1.54, 1.807) is 37.2 Å². The van der Waals surface area contributed by atoms with Crippen LogP contribution >= 0.6 is 0 Å². The lowest BCUT2D eigenvalue weighted by atomic mass is 10.1. The van der Waals surface area contributed by atoms with Crippen LogP contribution < -0.4 is 15.4 Å². The Morgan fingerprint density at radius 3 is 2.50 bits per heavy atom. The molecule has 6 heteroatoms. The molecule has 0 aliphatic heterocycles. The van der Waals surface area contributed by atoms with Crippen LogP contribution in [0.5, 0.6) is 5.75 Å². The molecule has 0 radical (unpaired) electrons. The number of benzene rings is 2. The van der Waals surface area contributed by atoms with E-state index < -0.39 is 0 Å². The van der Waals surface area contributed by atoms with E-state index in [0.717, 1.165) is 17.7 Å². The van der Waals surface area contributed by atoms with Crippen LogP contribution in [0.25, 0.3) is 0 Å². The first-order valence-electron chi connectivity index (χ1n) is 8.54. The van der Waals surface area contributed by atoms with Gasteiger partial charge in [0.1, 0.15) is 5.75 Å². The normalized spacial score (nSPS) is 10.1. The van der Waals surface area contributed by atoms with Gasteiger partial charge in [0.25, 0.3) is 5.91 Å². The number of urea groups is 1. The molecule has 0 atom stereocenters. The van der Waals surface area contributed by atoms with E-state index >= 15 is 0 Å². The summed E-state index contributed by atoms with van der Waals surface area (Å²) >= 11 is 0. The van der Waals surface area contributed by atoms with Gasteiger partial charge in [-0.3, -0.25) is 4.79 Å². The Morgan fingerprint density at radius 2 is 1.81 bits per heavy atom. The van der Waals surface area contributed by atoms with Crippen molar-refractivity contribution in [3.63, 3.8) is 0 Å². The van der Waals surface area contributed by atoms with Gasteiger partial charge in [-0.2, -0.15) is 0 Å². The Morgan fingerprint density at radius 1 is 1.08 bits per heavy atom. The minimum Gasteiger partial charge on any atom is -0.494 e. The van der Waals surface area contributed by atoms with Gasteiger partial charge < -0.3 is 20.3 Å². The van der Waals surface area contributed by atoms with Crippen molar-refractivity contribution >= 4 is 17.6 Å². The standard InChI is InChI=1S/C20H25N3O3/c1-15-17(19(24)21-2)11-7-12-18(15)22-20(25)23(3)13-8-14-26-16-9-5-4-6-10-16/h4-7,9-12H,8,13-14H2,1-3H3,(H,21,24)(H,22,25). The maximum atomic E-state index is 12.4. The third-order valence-corrected chi connectivity index (χ3v) is 4.04. The minimum atomic E-state index is -0.220. The summed E-state index contributed by atoms with van der Waals surface area (Å²) in [4.78, 5) is 25.8. The van der Waals surface area contributed by atoms with Crippen molar-refractivity contribution in [2.24, 2.45) is 0 Å². The average molecular weight is 355 g/mol. The second-order valence-electron chi connectivity index (χ2n) is 5.92. The van der Waals surface area contributed by atoms with E-state index in [9.17, 15) is 9.59 Å². The van der Waals surface area contributed by atoms with Crippen molar-refractivity contribution in [3.05, 3.63) is 59.7 Å². The van der Waals surface area contributed by atoms with Crippen molar-refractivity contribution in [2.75, 3.05) is 32.6 Å². The average Bonchev–Trinajstić information content (AvgIpc) is 2.66. The zero-order valence-corrected chi connectivity index (χ0v) is 15.4. The SMILES string of the molecule is CNC(=O)c1cccc(NC(=O)N(C)CCCOc2ccccc2)c1C. The van der Waals surface area contributed by atoms with E-state index in [1.165, 1.54) is 0 Å². The van der Waals surface area contributed by atoms with E-state index in [0.29, 0.717) is 24.4 Å². The van der Waals surface area contributed by atoms with E-state index in [-0.39, 0.29) is 11.9 Å². The minimum absolute atomic E-state index is 0.176. The predicted octanol–water partition coefficient (Wildman–Crippen LogP) is 3.29. The quantitative estimate of drug-likeness (QED) is 0.749. The van der Waals surface area contributed by atoms with E-state index in [1.807, 2.05) is 37.3 Å². The number of rotatable bonds is 7. The number of nitrogens with one attached hydrogen (secondary N) is 2. The van der Waals surface area contributed by atoms with Crippen molar-refractivity contribution < 1.29 is 14.3 Å². The van der Waals surface area contributed by atoms with Gasteiger partial charge in [-0.05, 0) is 43.2 Å². The summed E-state index contributed by atoms with van der Waals surface area (Å²) < 4.78 is 5.63. The van der Waals surface area contributed by atoms with Crippen molar-refractivity contribution in [1.29, 1.82) is 0 Å². The maximum Gasteiger partial charge on any atom is 0.321 e. The molecule has 0 fully saturated rings. The summed E-state index contributed by atoms with van der Waals surface area (Å²) in [7, 11) is 3.31. The number of carbonyl (C=O) groups is 2. The Kier molecular flexibility index (Phi) is 7.02. The molecule has 0 unspecified atom stereocenters. The third kappa shape index (κ3) is 5.24. The first kappa shape index (κ1) is 19.3. The fourth-order valence-corrected chi connectivity index (χ4v) is 2.47. The molecule has 0 saturated heterocycles. The molecule has 2 rings (SSSR count). The second kappa shape index (κ2) is 9.46. The molecule has 0 aliphatic carbocycles. The molecule has 0 spiro atoms. The zero-order chi connectivity index (χ0) is 18.9. The summed E-state index contributed by atoms with van der Waals surface area (Å²) in [5.74, 6) is 0.645. The van der Waals surface area contributed by atoms with Gasteiger partial charge in [0.2, 0.25) is 0 Å². The van der Waals surface area contributed by atoms with Crippen LogP contribution in [0, 0.1) is 6.92 Å². The van der Waals surface area contributed by atoms with Crippen LogP contribution in [0.3, 0.4) is 0 Å². The van der Waals surface area contributed by atoms with Crippen LogP contribution in [0.1, 0.15) is 22.3 Å². The summed E-state index contributed by atoms with van der Waals surface area (Å²) in [5, 5.41) is 5.45. The molecule has 2 aromatic carbocycles. The molecule has 0 heterocycles. The fourth-order valence-electron chi connectivity index (χ4n) is 2.47. The molecule has 6 nitrogen and oxygen atoms in total. The summed E-state index contributed by atoms with van der Waals surface area (Å²) in [6.07, 6.45) is 0.718. The van der Waals surface area contributed by atoms with Gasteiger partial charge in [0.15, 0.2) is 0 Å². The highest BCUT2D eigenvalue weighted by atomic mass is 16.5. The lowest BCUT2D eigenvalue weighted by molar-refractivity contribution is 0.0962. The summed E-state index contributed by atoms with van der Waals surface area (Å²) in [6, 6.07) is 14.6. The smallest absolute Gasteiger partial charge is 0.321 e. The molecule has 26 heavy (non-hydrogen) atoms. The molecule has 0 saturated carbocycles. The molecule has 2 aromatic rings. The molecule has 138 valence electrons. The number of anilines is 1. The molecule has 0 aliphatic rings. The molecule has 0 bridgehead atoms. The van der Waals surface area contributed by atoms with Gasteiger partial charge in [0.05, 0.1) is 6.61 Å². The largest absolute Gasteiger partial charge is 0.494 e. The van der Waals surface area contributed by atoms with Gasteiger partial charge in [0, 0.05) is 31.9 Å². The van der Waals surface area contributed by atoms with Crippen molar-refractivity contribution in [3.8, 4) is 5.75 Å². The number of hydrogen-bond donors (Lipinski definition) is 2. The summed E-state index contributed by atoms with van der Waals surface area (Å²) in [6.45, 7) is 2.91. The highest BCUT2D eigenvalue weighted by molar-refractivity contribution is 5.98. The van der Waals surface area contributed by atoms with Gasteiger partial charge in [-0.25, -0.2) is 4.79 Å². The first-order valence-corrected chi connectivity index (χ1v) is 8.54.